The number of hydrogen-bond acceptors (Lipinski definition) is 9. The molecule has 0 amide bonds. The summed E-state index contributed by atoms with van der Waals surface area (Å²) in [5.74, 6) is 1.69. The first-order valence-corrected chi connectivity index (χ1v) is 12.5. The van der Waals surface area contributed by atoms with Gasteiger partial charge in [-0.3, -0.25) is 0 Å². The number of ether oxygens (including phenoxy) is 4. The van der Waals surface area contributed by atoms with Crippen molar-refractivity contribution in [3.05, 3.63) is 48.3 Å². The van der Waals surface area contributed by atoms with E-state index in [1.807, 2.05) is 26.0 Å². The third kappa shape index (κ3) is 5.72. The Morgan fingerprint density at radius 1 is 1.18 bits per heavy atom. The highest BCUT2D eigenvalue weighted by molar-refractivity contribution is 7.90. The Bertz CT molecular complexity index is 1290. The molecule has 0 aliphatic carbocycles. The number of aromatic nitrogens is 3. The van der Waals surface area contributed by atoms with E-state index in [2.05, 4.69) is 19.9 Å². The van der Waals surface area contributed by atoms with Crippen LogP contribution in [0, 0.1) is 0 Å². The molecule has 1 N–H and O–H groups in total. The molecular formula is C23H26N4O6S. The molecule has 34 heavy (non-hydrogen) atoms. The van der Waals surface area contributed by atoms with E-state index in [1.165, 1.54) is 18.3 Å². The zero-order valence-corrected chi connectivity index (χ0v) is 20.1. The smallest absolute Gasteiger partial charge is 0.233 e. The minimum absolute atomic E-state index is 0.0377. The molecular weight excluding hydrogens is 460 g/mol. The Labute approximate surface area is 197 Å². The van der Waals surface area contributed by atoms with Crippen molar-refractivity contribution in [2.24, 2.45) is 4.99 Å². The maximum Gasteiger partial charge on any atom is 0.233 e. The van der Waals surface area contributed by atoms with E-state index < -0.39 is 9.84 Å². The molecule has 0 spiro atoms. The van der Waals surface area contributed by atoms with Gasteiger partial charge in [-0.1, -0.05) is 0 Å². The number of hydrogen-bond donors (Lipinski definition) is 1. The molecule has 1 aliphatic heterocycles. The van der Waals surface area contributed by atoms with Crippen molar-refractivity contribution in [1.82, 2.24) is 15.0 Å². The predicted molar refractivity (Wildman–Crippen MR) is 125 cm³/mol. The molecule has 4 rings (SSSR count). The fourth-order valence-electron chi connectivity index (χ4n) is 3.30. The molecule has 3 aromatic rings. The molecule has 3 aromatic heterocycles. The maximum absolute atomic E-state index is 11.7. The number of nitrogens with zero attached hydrogens (tertiary/aromatic N) is 3. The molecule has 4 heterocycles. The summed E-state index contributed by atoms with van der Waals surface area (Å²) in [6.07, 6.45) is 2.23. The normalized spacial score (nSPS) is 16.6. The van der Waals surface area contributed by atoms with Crippen LogP contribution in [0.25, 0.3) is 11.4 Å². The fraction of sp³-hybridized carbons (Fsp3) is 0.348. The number of sulfone groups is 1. The molecule has 180 valence electrons. The second kappa shape index (κ2) is 9.82. The standard InChI is InChI=1S/C23H26N4O6S/c1-14-12-31-23(25-14)19-7-6-18(26-19)20-9-17(32-15(2)13-30-3)10-21(27-20)33-16-5-8-22(24-11-16)34(4,28)29/h5-11,14-15,26H,12-13H2,1-4H3/t14-,15+/m1/s1. The van der Waals surface area contributed by atoms with E-state index in [-0.39, 0.29) is 23.1 Å². The molecule has 2 atom stereocenters. The molecule has 0 bridgehead atoms. The lowest BCUT2D eigenvalue weighted by atomic mass is 10.2. The first kappa shape index (κ1) is 23.7. The average molecular weight is 487 g/mol. The van der Waals surface area contributed by atoms with Crippen LogP contribution in [-0.2, 0) is 19.3 Å². The van der Waals surface area contributed by atoms with E-state index in [9.17, 15) is 8.42 Å². The quantitative estimate of drug-likeness (QED) is 0.489. The SMILES string of the molecule is COC[C@H](C)Oc1cc(Oc2ccc(S(C)(=O)=O)nc2)nc(-c2ccc(C3=N[C@H](C)CO3)[nH]2)c1. The lowest BCUT2D eigenvalue weighted by Crippen LogP contribution is -2.18. The lowest BCUT2D eigenvalue weighted by Gasteiger charge is -2.15. The summed E-state index contributed by atoms with van der Waals surface area (Å²) in [6, 6.07) is 10.2. The highest BCUT2D eigenvalue weighted by atomic mass is 32.2. The van der Waals surface area contributed by atoms with E-state index >= 15 is 0 Å². The van der Waals surface area contributed by atoms with Gasteiger partial charge < -0.3 is 23.9 Å². The van der Waals surface area contributed by atoms with Gasteiger partial charge in [-0.2, -0.15) is 0 Å². The Kier molecular flexibility index (Phi) is 6.85. The van der Waals surface area contributed by atoms with Crippen molar-refractivity contribution in [3.8, 4) is 28.8 Å². The molecule has 1 aliphatic rings. The zero-order valence-electron chi connectivity index (χ0n) is 19.3. The number of aromatic amines is 1. The molecule has 0 saturated carbocycles. The van der Waals surface area contributed by atoms with Crippen molar-refractivity contribution < 1.29 is 27.4 Å². The molecule has 10 nitrogen and oxygen atoms in total. The summed E-state index contributed by atoms with van der Waals surface area (Å²) in [7, 11) is -1.80. The number of H-pyrrole nitrogens is 1. The summed E-state index contributed by atoms with van der Waals surface area (Å²) in [6.45, 7) is 4.84. The van der Waals surface area contributed by atoms with Crippen molar-refractivity contribution >= 4 is 15.7 Å². The second-order valence-corrected chi connectivity index (χ2v) is 9.96. The molecule has 11 heteroatoms. The Morgan fingerprint density at radius 3 is 2.62 bits per heavy atom. The Balaban J connectivity index is 1.64. The fourth-order valence-corrected chi connectivity index (χ4v) is 3.86. The van der Waals surface area contributed by atoms with Gasteiger partial charge in [-0.15, -0.1) is 0 Å². The van der Waals surface area contributed by atoms with Gasteiger partial charge in [0, 0.05) is 25.5 Å². The minimum atomic E-state index is -3.41. The lowest BCUT2D eigenvalue weighted by molar-refractivity contribution is 0.0919. The maximum atomic E-state index is 11.7. The topological polar surface area (TPSA) is 125 Å². The third-order valence-corrected chi connectivity index (χ3v) is 5.82. The summed E-state index contributed by atoms with van der Waals surface area (Å²) in [4.78, 5) is 16.3. The predicted octanol–water partition coefficient (Wildman–Crippen LogP) is 3.25. The third-order valence-electron chi connectivity index (χ3n) is 4.82. The van der Waals surface area contributed by atoms with Gasteiger partial charge in [0.05, 0.1) is 30.2 Å². The van der Waals surface area contributed by atoms with Crippen LogP contribution < -0.4 is 9.47 Å². The summed E-state index contributed by atoms with van der Waals surface area (Å²) >= 11 is 0. The van der Waals surface area contributed by atoms with Crippen molar-refractivity contribution in [1.29, 1.82) is 0 Å². The summed E-state index contributed by atoms with van der Waals surface area (Å²) < 4.78 is 45.9. The van der Waals surface area contributed by atoms with Gasteiger partial charge >= 0.3 is 0 Å². The first-order chi connectivity index (χ1) is 16.2. The highest BCUT2D eigenvalue weighted by Gasteiger charge is 2.19. The highest BCUT2D eigenvalue weighted by Crippen LogP contribution is 2.30. The van der Waals surface area contributed by atoms with E-state index in [4.69, 9.17) is 18.9 Å². The molecule has 0 radical (unpaired) electrons. The van der Waals surface area contributed by atoms with Crippen LogP contribution in [0.3, 0.4) is 0 Å². The van der Waals surface area contributed by atoms with Crippen LogP contribution in [0.15, 0.2) is 52.6 Å². The van der Waals surface area contributed by atoms with Crippen molar-refractivity contribution in [3.63, 3.8) is 0 Å². The Hall–Kier alpha value is -3.44. The first-order valence-electron chi connectivity index (χ1n) is 10.6. The van der Waals surface area contributed by atoms with Gasteiger partial charge in [-0.05, 0) is 38.1 Å². The number of rotatable bonds is 9. The molecule has 0 fully saturated rings. The van der Waals surface area contributed by atoms with Crippen LogP contribution >= 0.6 is 0 Å². The van der Waals surface area contributed by atoms with E-state index in [0.29, 0.717) is 36.3 Å². The van der Waals surface area contributed by atoms with Crippen molar-refractivity contribution in [2.45, 2.75) is 31.0 Å². The summed E-state index contributed by atoms with van der Waals surface area (Å²) in [5.41, 5.74) is 2.06. The van der Waals surface area contributed by atoms with Gasteiger partial charge in [0.2, 0.25) is 11.8 Å². The molecule has 0 unspecified atom stereocenters. The monoisotopic (exact) mass is 486 g/mol. The summed E-state index contributed by atoms with van der Waals surface area (Å²) in [5, 5.41) is -0.0377. The number of aliphatic imine (C=N–C) groups is 1. The minimum Gasteiger partial charge on any atom is -0.488 e. The number of pyridine rings is 2. The van der Waals surface area contributed by atoms with Crippen molar-refractivity contribution in [2.75, 3.05) is 26.6 Å². The molecule has 0 aromatic carbocycles. The van der Waals surface area contributed by atoms with Gasteiger partial charge in [0.15, 0.2) is 14.9 Å². The van der Waals surface area contributed by atoms with Gasteiger partial charge in [0.1, 0.15) is 29.9 Å². The van der Waals surface area contributed by atoms with E-state index in [1.54, 1.807) is 19.2 Å². The van der Waals surface area contributed by atoms with Gasteiger partial charge in [0.25, 0.3) is 0 Å². The number of nitrogens with one attached hydrogen (secondary N) is 1. The van der Waals surface area contributed by atoms with E-state index in [0.717, 1.165) is 17.6 Å². The van der Waals surface area contributed by atoms with Crippen LogP contribution in [0.1, 0.15) is 19.5 Å². The van der Waals surface area contributed by atoms with Crippen LogP contribution in [-0.4, -0.2) is 68.0 Å². The van der Waals surface area contributed by atoms with Gasteiger partial charge in [-0.25, -0.2) is 23.4 Å². The number of methoxy groups -OCH3 is 1. The van der Waals surface area contributed by atoms with Crippen LogP contribution in [0.2, 0.25) is 0 Å². The molecule has 0 saturated heterocycles. The van der Waals surface area contributed by atoms with Crippen LogP contribution in [0.5, 0.6) is 17.4 Å². The zero-order chi connectivity index (χ0) is 24.3. The Morgan fingerprint density at radius 2 is 1.97 bits per heavy atom. The second-order valence-electron chi connectivity index (χ2n) is 8.00. The largest absolute Gasteiger partial charge is 0.488 e. The average Bonchev–Trinajstić information content (AvgIpc) is 3.43. The van der Waals surface area contributed by atoms with Crippen LogP contribution in [0.4, 0.5) is 0 Å².